The molecule has 4 heterocycles. The highest BCUT2D eigenvalue weighted by atomic mass is 19.4. The second kappa shape index (κ2) is 6.17. The number of hydrogen-bond acceptors (Lipinski definition) is 5. The third-order valence-corrected chi connectivity index (χ3v) is 4.18. The van der Waals surface area contributed by atoms with Crippen LogP contribution in [0.15, 0.2) is 24.8 Å². The number of fused-ring (bicyclic) bond motifs is 2. The molecule has 0 radical (unpaired) electrons. The van der Waals surface area contributed by atoms with Gasteiger partial charge in [-0.25, -0.2) is 19.9 Å². The maximum absolute atomic E-state index is 14.6. The summed E-state index contributed by atoms with van der Waals surface area (Å²) in [7, 11) is 0. The minimum absolute atomic E-state index is 0.0994. The number of carbonyl (C=O) groups is 1. The van der Waals surface area contributed by atoms with Crippen LogP contribution in [0.4, 0.5) is 27.8 Å². The van der Waals surface area contributed by atoms with Crippen molar-refractivity contribution in [1.29, 1.82) is 0 Å². The van der Waals surface area contributed by atoms with Crippen LogP contribution in [0, 0.1) is 0 Å². The summed E-state index contributed by atoms with van der Waals surface area (Å²) in [6.45, 7) is 0. The van der Waals surface area contributed by atoms with Crippen molar-refractivity contribution >= 4 is 17.4 Å². The maximum atomic E-state index is 14.6. The van der Waals surface area contributed by atoms with Gasteiger partial charge in [-0.1, -0.05) is 0 Å². The zero-order valence-corrected chi connectivity index (χ0v) is 14.0. The van der Waals surface area contributed by atoms with Gasteiger partial charge >= 0.3 is 6.18 Å². The molecule has 7 nitrogen and oxygen atoms in total. The van der Waals surface area contributed by atoms with Gasteiger partial charge in [0.25, 0.3) is 5.92 Å². The van der Waals surface area contributed by atoms with E-state index in [9.17, 15) is 26.7 Å². The fourth-order valence-corrected chi connectivity index (χ4v) is 2.87. The fraction of sp³-hybridized carbons (Fsp3) is 0.312. The number of carbonyl (C=O) groups excluding carboxylic acids is 1. The summed E-state index contributed by atoms with van der Waals surface area (Å²) in [5.41, 5.74) is -0.511. The molecule has 1 aliphatic heterocycles. The minimum Gasteiger partial charge on any atom is -0.310 e. The van der Waals surface area contributed by atoms with Gasteiger partial charge in [0.1, 0.15) is 17.2 Å². The van der Waals surface area contributed by atoms with Crippen molar-refractivity contribution in [2.24, 2.45) is 0 Å². The molecule has 0 bridgehead atoms. The number of aromatic nitrogens is 5. The summed E-state index contributed by atoms with van der Waals surface area (Å²) in [4.78, 5) is 27.6. The predicted octanol–water partition coefficient (Wildman–Crippen LogP) is 3.12. The van der Waals surface area contributed by atoms with Gasteiger partial charge in [0.2, 0.25) is 5.91 Å². The topological polar surface area (TPSA) is 85.1 Å². The number of halogens is 5. The Morgan fingerprint density at radius 2 is 1.89 bits per heavy atom. The van der Waals surface area contributed by atoms with Crippen molar-refractivity contribution in [3.63, 3.8) is 0 Å². The van der Waals surface area contributed by atoms with Crippen molar-refractivity contribution in [3.05, 3.63) is 36.0 Å². The second-order valence-corrected chi connectivity index (χ2v) is 6.23. The smallest absolute Gasteiger partial charge is 0.310 e. The SMILES string of the molecule is O=C1Cc2c(nc(-c3cn4ccnc4cn3)nc2C(F)(F)CCC(F)(F)F)N1. The lowest BCUT2D eigenvalue weighted by atomic mass is 10.0. The Hall–Kier alpha value is -3.18. The summed E-state index contributed by atoms with van der Waals surface area (Å²) in [5, 5.41) is 2.33. The number of amides is 1. The highest BCUT2D eigenvalue weighted by Gasteiger charge is 2.43. The third-order valence-electron chi connectivity index (χ3n) is 4.18. The van der Waals surface area contributed by atoms with Gasteiger partial charge in [0, 0.05) is 37.0 Å². The Balaban J connectivity index is 1.80. The normalized spacial score (nSPS) is 14.4. The maximum Gasteiger partial charge on any atom is 0.389 e. The molecule has 0 aromatic carbocycles. The van der Waals surface area contributed by atoms with E-state index in [4.69, 9.17) is 0 Å². The van der Waals surface area contributed by atoms with Crippen LogP contribution in [0.25, 0.3) is 17.2 Å². The average molecular weight is 398 g/mol. The van der Waals surface area contributed by atoms with Gasteiger partial charge in [-0.3, -0.25) is 4.79 Å². The number of rotatable bonds is 4. The Kier molecular flexibility index (Phi) is 4.01. The molecule has 3 aromatic heterocycles. The highest BCUT2D eigenvalue weighted by Crippen LogP contribution is 2.41. The Bertz CT molecular complexity index is 1080. The molecular weight excluding hydrogens is 387 g/mol. The molecular formula is C16H11F5N6O. The summed E-state index contributed by atoms with van der Waals surface area (Å²) >= 11 is 0. The molecule has 1 aliphatic rings. The Labute approximate surface area is 153 Å². The van der Waals surface area contributed by atoms with Crippen LogP contribution in [0.3, 0.4) is 0 Å². The van der Waals surface area contributed by atoms with Crippen LogP contribution in [-0.2, 0) is 17.1 Å². The lowest BCUT2D eigenvalue weighted by Crippen LogP contribution is -2.22. The first-order valence-corrected chi connectivity index (χ1v) is 8.07. The van der Waals surface area contributed by atoms with Gasteiger partial charge in [-0.05, 0) is 0 Å². The molecule has 146 valence electrons. The predicted molar refractivity (Wildman–Crippen MR) is 85.5 cm³/mol. The zero-order valence-electron chi connectivity index (χ0n) is 14.0. The van der Waals surface area contributed by atoms with E-state index in [2.05, 4.69) is 25.3 Å². The number of imidazole rings is 1. The van der Waals surface area contributed by atoms with Gasteiger partial charge in [-0.2, -0.15) is 22.0 Å². The van der Waals surface area contributed by atoms with Gasteiger partial charge in [-0.15, -0.1) is 0 Å². The van der Waals surface area contributed by atoms with E-state index >= 15 is 0 Å². The molecule has 0 fully saturated rings. The average Bonchev–Trinajstić information content (AvgIpc) is 3.22. The molecule has 0 saturated carbocycles. The summed E-state index contributed by atoms with van der Waals surface area (Å²) in [6.07, 6.45) is -2.44. The van der Waals surface area contributed by atoms with E-state index in [1.807, 2.05) is 0 Å². The molecule has 0 aliphatic carbocycles. The zero-order chi connectivity index (χ0) is 20.1. The van der Waals surface area contributed by atoms with E-state index < -0.39 is 43.0 Å². The van der Waals surface area contributed by atoms with Crippen molar-refractivity contribution < 1.29 is 26.7 Å². The molecule has 1 N–H and O–H groups in total. The molecule has 0 spiro atoms. The summed E-state index contributed by atoms with van der Waals surface area (Å²) in [5.74, 6) is -4.88. The van der Waals surface area contributed by atoms with Gasteiger partial charge in [0.15, 0.2) is 11.5 Å². The van der Waals surface area contributed by atoms with Crippen molar-refractivity contribution in [1.82, 2.24) is 24.3 Å². The van der Waals surface area contributed by atoms with Crippen molar-refractivity contribution in [2.75, 3.05) is 5.32 Å². The van der Waals surface area contributed by atoms with Crippen molar-refractivity contribution in [3.8, 4) is 11.5 Å². The lowest BCUT2D eigenvalue weighted by Gasteiger charge is -2.19. The summed E-state index contributed by atoms with van der Waals surface area (Å²) < 4.78 is 68.1. The van der Waals surface area contributed by atoms with E-state index in [-0.39, 0.29) is 22.9 Å². The van der Waals surface area contributed by atoms with Crippen LogP contribution in [-0.4, -0.2) is 36.4 Å². The number of hydrogen-bond donors (Lipinski definition) is 1. The summed E-state index contributed by atoms with van der Waals surface area (Å²) in [6, 6.07) is 0. The number of nitrogens with one attached hydrogen (secondary N) is 1. The number of nitrogens with zero attached hydrogens (tertiary/aromatic N) is 5. The highest BCUT2D eigenvalue weighted by molar-refractivity contribution is 5.98. The minimum atomic E-state index is -4.75. The van der Waals surface area contributed by atoms with E-state index in [0.717, 1.165) is 0 Å². The van der Waals surface area contributed by atoms with Crippen LogP contribution in [0.5, 0.6) is 0 Å². The molecule has 0 unspecified atom stereocenters. The quantitative estimate of drug-likeness (QED) is 0.683. The van der Waals surface area contributed by atoms with E-state index in [0.29, 0.717) is 5.65 Å². The standard InChI is InChI=1S/C16H11F5N6O/c17-15(18,1-2-16(19,20)21)12-8-5-11(28)24-13(8)26-14(25-12)9-7-27-4-3-22-10(27)6-23-9/h3-4,6-7H,1-2,5H2,(H,24,25,26,28). The fourth-order valence-electron chi connectivity index (χ4n) is 2.87. The first kappa shape index (κ1) is 18.2. The van der Waals surface area contributed by atoms with Crippen LogP contribution in [0.1, 0.15) is 24.1 Å². The molecule has 28 heavy (non-hydrogen) atoms. The molecule has 1 amide bonds. The first-order valence-electron chi connectivity index (χ1n) is 8.07. The lowest BCUT2D eigenvalue weighted by molar-refractivity contribution is -0.153. The molecule has 3 aromatic rings. The van der Waals surface area contributed by atoms with Crippen LogP contribution < -0.4 is 5.32 Å². The van der Waals surface area contributed by atoms with Crippen LogP contribution >= 0.6 is 0 Å². The first-order chi connectivity index (χ1) is 13.1. The third kappa shape index (κ3) is 3.37. The number of alkyl halides is 5. The molecule has 4 rings (SSSR count). The Morgan fingerprint density at radius 1 is 1.11 bits per heavy atom. The molecule has 12 heteroatoms. The van der Waals surface area contributed by atoms with Gasteiger partial charge in [0.05, 0.1) is 12.6 Å². The molecule has 0 atom stereocenters. The van der Waals surface area contributed by atoms with Crippen molar-refractivity contribution in [2.45, 2.75) is 31.4 Å². The van der Waals surface area contributed by atoms with E-state index in [1.165, 1.54) is 18.6 Å². The van der Waals surface area contributed by atoms with Crippen LogP contribution in [0.2, 0.25) is 0 Å². The monoisotopic (exact) mass is 398 g/mol. The number of anilines is 1. The second-order valence-electron chi connectivity index (χ2n) is 6.23. The van der Waals surface area contributed by atoms with Gasteiger partial charge < -0.3 is 9.72 Å². The van der Waals surface area contributed by atoms with E-state index in [1.54, 1.807) is 10.6 Å². The largest absolute Gasteiger partial charge is 0.389 e. The molecule has 0 saturated heterocycles. The Morgan fingerprint density at radius 3 is 2.64 bits per heavy atom.